The normalized spacial score (nSPS) is 15.8. The smallest absolute Gasteiger partial charge is 0.127 e. The highest BCUT2D eigenvalue weighted by Gasteiger charge is 2.13. The number of benzene rings is 1. The summed E-state index contributed by atoms with van der Waals surface area (Å²) in [6.45, 7) is 5.72. The summed E-state index contributed by atoms with van der Waals surface area (Å²) in [6.07, 6.45) is 2.50. The summed E-state index contributed by atoms with van der Waals surface area (Å²) >= 11 is 0. The Labute approximate surface area is 96.5 Å². The standard InChI is InChI=1S/C13H19FN2/c1-2-15-10-11-9-12(5-6-13(11)14)16-7-3-4-8-16/h5-6,9,15H,2-4,7-8,10H2,1H3. The molecule has 0 aliphatic carbocycles. The van der Waals surface area contributed by atoms with Crippen molar-refractivity contribution in [1.29, 1.82) is 0 Å². The molecule has 88 valence electrons. The molecule has 1 aromatic carbocycles. The van der Waals surface area contributed by atoms with E-state index in [9.17, 15) is 4.39 Å². The number of hydrogen-bond acceptors (Lipinski definition) is 2. The average molecular weight is 222 g/mol. The van der Waals surface area contributed by atoms with E-state index in [2.05, 4.69) is 10.2 Å². The molecule has 0 bridgehead atoms. The Balaban J connectivity index is 2.13. The maximum absolute atomic E-state index is 13.5. The second-order valence-corrected chi connectivity index (χ2v) is 4.25. The zero-order chi connectivity index (χ0) is 11.4. The maximum Gasteiger partial charge on any atom is 0.127 e. The molecule has 0 unspecified atom stereocenters. The third-order valence-electron chi connectivity index (χ3n) is 3.07. The highest BCUT2D eigenvalue weighted by Crippen LogP contribution is 2.22. The molecule has 1 saturated heterocycles. The van der Waals surface area contributed by atoms with Crippen molar-refractivity contribution in [2.45, 2.75) is 26.3 Å². The zero-order valence-corrected chi connectivity index (χ0v) is 9.80. The predicted molar refractivity (Wildman–Crippen MR) is 65.2 cm³/mol. The Morgan fingerprint density at radius 2 is 2.06 bits per heavy atom. The second kappa shape index (κ2) is 5.30. The van der Waals surface area contributed by atoms with E-state index >= 15 is 0 Å². The van der Waals surface area contributed by atoms with Crippen molar-refractivity contribution in [3.05, 3.63) is 29.6 Å². The maximum atomic E-state index is 13.5. The van der Waals surface area contributed by atoms with Crippen LogP contribution < -0.4 is 10.2 Å². The Morgan fingerprint density at radius 3 is 2.75 bits per heavy atom. The van der Waals surface area contributed by atoms with Crippen LogP contribution in [0.2, 0.25) is 0 Å². The zero-order valence-electron chi connectivity index (χ0n) is 9.80. The highest BCUT2D eigenvalue weighted by atomic mass is 19.1. The molecule has 0 amide bonds. The van der Waals surface area contributed by atoms with Crippen LogP contribution in [-0.2, 0) is 6.54 Å². The van der Waals surface area contributed by atoms with Gasteiger partial charge in [0.1, 0.15) is 5.82 Å². The van der Waals surface area contributed by atoms with Crippen molar-refractivity contribution >= 4 is 5.69 Å². The van der Waals surface area contributed by atoms with Crippen LogP contribution >= 0.6 is 0 Å². The molecular weight excluding hydrogens is 203 g/mol. The minimum absolute atomic E-state index is 0.108. The molecule has 0 saturated carbocycles. The van der Waals surface area contributed by atoms with Gasteiger partial charge in [-0.1, -0.05) is 6.92 Å². The minimum Gasteiger partial charge on any atom is -0.372 e. The van der Waals surface area contributed by atoms with Gasteiger partial charge in [-0.05, 0) is 37.6 Å². The van der Waals surface area contributed by atoms with Gasteiger partial charge in [-0.3, -0.25) is 0 Å². The predicted octanol–water partition coefficient (Wildman–Crippen LogP) is 2.54. The van der Waals surface area contributed by atoms with E-state index in [1.165, 1.54) is 12.8 Å². The lowest BCUT2D eigenvalue weighted by Crippen LogP contribution is -2.19. The van der Waals surface area contributed by atoms with Gasteiger partial charge >= 0.3 is 0 Å². The van der Waals surface area contributed by atoms with Crippen LogP contribution in [0.5, 0.6) is 0 Å². The van der Waals surface area contributed by atoms with Crippen molar-refractivity contribution in [3.8, 4) is 0 Å². The van der Waals surface area contributed by atoms with Crippen LogP contribution in [-0.4, -0.2) is 19.6 Å². The molecule has 2 rings (SSSR count). The quantitative estimate of drug-likeness (QED) is 0.842. The third kappa shape index (κ3) is 2.53. The number of rotatable bonds is 4. The minimum atomic E-state index is -0.108. The molecule has 3 heteroatoms. The van der Waals surface area contributed by atoms with Gasteiger partial charge < -0.3 is 10.2 Å². The lowest BCUT2D eigenvalue weighted by molar-refractivity contribution is 0.593. The van der Waals surface area contributed by atoms with E-state index < -0.39 is 0 Å². The van der Waals surface area contributed by atoms with E-state index in [1.807, 2.05) is 19.1 Å². The topological polar surface area (TPSA) is 15.3 Å². The monoisotopic (exact) mass is 222 g/mol. The van der Waals surface area contributed by atoms with Gasteiger partial charge in [0, 0.05) is 30.9 Å². The SMILES string of the molecule is CCNCc1cc(N2CCCC2)ccc1F. The Hall–Kier alpha value is -1.09. The van der Waals surface area contributed by atoms with E-state index in [0.717, 1.165) is 30.9 Å². The van der Waals surface area contributed by atoms with Crippen molar-refractivity contribution < 1.29 is 4.39 Å². The number of anilines is 1. The van der Waals surface area contributed by atoms with Gasteiger partial charge in [-0.15, -0.1) is 0 Å². The van der Waals surface area contributed by atoms with E-state index in [-0.39, 0.29) is 5.82 Å². The Kier molecular flexibility index (Phi) is 3.78. The van der Waals surface area contributed by atoms with E-state index in [0.29, 0.717) is 6.54 Å². The van der Waals surface area contributed by atoms with Crippen molar-refractivity contribution in [2.24, 2.45) is 0 Å². The molecule has 1 aliphatic heterocycles. The Morgan fingerprint density at radius 1 is 1.31 bits per heavy atom. The van der Waals surface area contributed by atoms with Gasteiger partial charge in [0.05, 0.1) is 0 Å². The fourth-order valence-electron chi connectivity index (χ4n) is 2.13. The molecule has 1 heterocycles. The van der Waals surface area contributed by atoms with Crippen LogP contribution in [0.15, 0.2) is 18.2 Å². The molecule has 1 aromatic rings. The number of halogens is 1. The molecule has 0 atom stereocenters. The fourth-order valence-corrected chi connectivity index (χ4v) is 2.13. The number of nitrogens with zero attached hydrogens (tertiary/aromatic N) is 1. The molecular formula is C13H19FN2. The summed E-state index contributed by atoms with van der Waals surface area (Å²) < 4.78 is 13.5. The van der Waals surface area contributed by atoms with Gasteiger partial charge in [0.15, 0.2) is 0 Å². The second-order valence-electron chi connectivity index (χ2n) is 4.25. The molecule has 16 heavy (non-hydrogen) atoms. The first-order valence-corrected chi connectivity index (χ1v) is 6.05. The van der Waals surface area contributed by atoms with Crippen molar-refractivity contribution in [3.63, 3.8) is 0 Å². The third-order valence-corrected chi connectivity index (χ3v) is 3.07. The van der Waals surface area contributed by atoms with Crippen LogP contribution in [0.1, 0.15) is 25.3 Å². The van der Waals surface area contributed by atoms with Crippen molar-refractivity contribution in [2.75, 3.05) is 24.5 Å². The summed E-state index contributed by atoms with van der Waals surface area (Å²) in [5.41, 5.74) is 1.93. The number of nitrogens with one attached hydrogen (secondary N) is 1. The van der Waals surface area contributed by atoms with Crippen LogP contribution in [0.25, 0.3) is 0 Å². The molecule has 1 aliphatic rings. The molecule has 0 aromatic heterocycles. The van der Waals surface area contributed by atoms with Gasteiger partial charge in [0.2, 0.25) is 0 Å². The van der Waals surface area contributed by atoms with Crippen molar-refractivity contribution in [1.82, 2.24) is 5.32 Å². The van der Waals surface area contributed by atoms with Gasteiger partial charge in [0.25, 0.3) is 0 Å². The lowest BCUT2D eigenvalue weighted by atomic mass is 10.1. The van der Waals surface area contributed by atoms with E-state index in [4.69, 9.17) is 0 Å². The first-order chi connectivity index (χ1) is 7.81. The van der Waals surface area contributed by atoms with E-state index in [1.54, 1.807) is 6.07 Å². The van der Waals surface area contributed by atoms with Crippen LogP contribution in [0, 0.1) is 5.82 Å². The highest BCUT2D eigenvalue weighted by molar-refractivity contribution is 5.49. The van der Waals surface area contributed by atoms with Crippen LogP contribution in [0.4, 0.5) is 10.1 Å². The molecule has 0 radical (unpaired) electrons. The fraction of sp³-hybridized carbons (Fsp3) is 0.538. The molecule has 0 spiro atoms. The average Bonchev–Trinajstić information content (AvgIpc) is 2.81. The largest absolute Gasteiger partial charge is 0.372 e. The number of hydrogen-bond donors (Lipinski definition) is 1. The summed E-state index contributed by atoms with van der Waals surface area (Å²) in [7, 11) is 0. The summed E-state index contributed by atoms with van der Waals surface area (Å²) in [6, 6.07) is 5.44. The molecule has 1 fully saturated rings. The first-order valence-electron chi connectivity index (χ1n) is 6.05. The van der Waals surface area contributed by atoms with Gasteiger partial charge in [-0.25, -0.2) is 4.39 Å². The molecule has 1 N–H and O–H groups in total. The summed E-state index contributed by atoms with van der Waals surface area (Å²) in [4.78, 5) is 2.33. The van der Waals surface area contributed by atoms with Crippen LogP contribution in [0.3, 0.4) is 0 Å². The lowest BCUT2D eigenvalue weighted by Gasteiger charge is -2.18. The summed E-state index contributed by atoms with van der Waals surface area (Å²) in [5, 5.41) is 3.16. The first kappa shape index (κ1) is 11.4. The molecule has 2 nitrogen and oxygen atoms in total. The summed E-state index contributed by atoms with van der Waals surface area (Å²) in [5.74, 6) is -0.108. The van der Waals surface area contributed by atoms with Gasteiger partial charge in [-0.2, -0.15) is 0 Å². The Bertz CT molecular complexity index is 346.